The number of nitrogens with zero attached hydrogens (tertiary/aromatic N) is 1. The molecule has 0 saturated carbocycles. The van der Waals surface area contributed by atoms with Gasteiger partial charge < -0.3 is 9.64 Å². The minimum atomic E-state index is -0.443. The van der Waals surface area contributed by atoms with Gasteiger partial charge in [-0.3, -0.25) is 0 Å². The molecule has 1 atom stereocenters. The number of hydrogen-bond acceptors (Lipinski definition) is 2. The van der Waals surface area contributed by atoms with Gasteiger partial charge in [0, 0.05) is 6.54 Å². The molecule has 0 aliphatic carbocycles. The largest absolute Gasteiger partial charge is 0.444 e. The number of amides is 1. The monoisotopic (exact) mass is 287 g/mol. The molecule has 1 heterocycles. The van der Waals surface area contributed by atoms with Crippen LogP contribution in [-0.2, 0) is 4.74 Å². The number of hydrogen-bond donors (Lipinski definition) is 0. The summed E-state index contributed by atoms with van der Waals surface area (Å²) >= 11 is 0. The lowest BCUT2D eigenvalue weighted by molar-refractivity contribution is 0.0249. The van der Waals surface area contributed by atoms with Gasteiger partial charge in [0.1, 0.15) is 5.60 Å². The maximum atomic E-state index is 12.3. The lowest BCUT2D eigenvalue weighted by atomic mass is 10.0. The Morgan fingerprint density at radius 1 is 1.29 bits per heavy atom. The highest BCUT2D eigenvalue weighted by molar-refractivity contribution is 5.70. The Balaban J connectivity index is 2.11. The van der Waals surface area contributed by atoms with Crippen LogP contribution in [-0.4, -0.2) is 29.2 Å². The Labute approximate surface area is 127 Å². The van der Waals surface area contributed by atoms with E-state index in [0.717, 1.165) is 19.4 Å². The van der Waals surface area contributed by atoms with E-state index in [2.05, 4.69) is 25.1 Å². The molecule has 1 aliphatic heterocycles. The van der Waals surface area contributed by atoms with Crippen LogP contribution in [0.1, 0.15) is 46.1 Å². The van der Waals surface area contributed by atoms with Crippen LogP contribution in [0.3, 0.4) is 0 Å². The number of rotatable bonds is 2. The normalized spacial score (nSPS) is 19.7. The summed E-state index contributed by atoms with van der Waals surface area (Å²) in [6.07, 6.45) is 4.00. The molecule has 0 bridgehead atoms. The minimum absolute atomic E-state index is 0.153. The average Bonchev–Trinajstić information content (AvgIpc) is 2.87. The predicted molar refractivity (Wildman–Crippen MR) is 86.1 cm³/mol. The summed E-state index contributed by atoms with van der Waals surface area (Å²) in [7, 11) is 0. The Bertz CT molecular complexity index is 514. The zero-order valence-electron chi connectivity index (χ0n) is 13.4. The summed E-state index contributed by atoms with van der Waals surface area (Å²) < 4.78 is 5.51. The van der Waals surface area contributed by atoms with Gasteiger partial charge in [-0.25, -0.2) is 4.79 Å². The highest BCUT2D eigenvalue weighted by Gasteiger charge is 2.32. The first-order valence-electron chi connectivity index (χ1n) is 7.60. The van der Waals surface area contributed by atoms with Crippen LogP contribution in [0.5, 0.6) is 0 Å². The van der Waals surface area contributed by atoms with E-state index >= 15 is 0 Å². The highest BCUT2D eigenvalue weighted by Crippen LogP contribution is 2.26. The molecule has 0 aromatic heterocycles. The van der Waals surface area contributed by atoms with E-state index in [0.29, 0.717) is 0 Å². The molecular weight excluding hydrogens is 262 g/mol. The van der Waals surface area contributed by atoms with Gasteiger partial charge in [0.25, 0.3) is 0 Å². The molecule has 1 saturated heterocycles. The molecule has 0 unspecified atom stereocenters. The fourth-order valence-electron chi connectivity index (χ4n) is 2.69. The Morgan fingerprint density at radius 2 is 1.95 bits per heavy atom. The summed E-state index contributed by atoms with van der Waals surface area (Å²) in [5.41, 5.74) is 1.94. The van der Waals surface area contributed by atoms with Crippen molar-refractivity contribution in [2.24, 2.45) is 0 Å². The third-order valence-corrected chi connectivity index (χ3v) is 3.60. The lowest BCUT2D eigenvalue weighted by Gasteiger charge is -2.29. The second kappa shape index (κ2) is 6.33. The van der Waals surface area contributed by atoms with Crippen LogP contribution < -0.4 is 0 Å². The first-order valence-corrected chi connectivity index (χ1v) is 7.60. The molecule has 0 N–H and O–H groups in total. The minimum Gasteiger partial charge on any atom is -0.444 e. The van der Waals surface area contributed by atoms with Crippen molar-refractivity contribution in [1.82, 2.24) is 4.90 Å². The Hall–Kier alpha value is -1.77. The van der Waals surface area contributed by atoms with Crippen molar-refractivity contribution >= 4 is 12.2 Å². The second-order valence-corrected chi connectivity index (χ2v) is 6.63. The number of carbonyl (C=O) groups is 1. The molecule has 1 fully saturated rings. The van der Waals surface area contributed by atoms with Crippen molar-refractivity contribution in [1.29, 1.82) is 0 Å². The van der Waals surface area contributed by atoms with E-state index in [1.807, 2.05) is 43.9 Å². The second-order valence-electron chi connectivity index (χ2n) is 6.63. The van der Waals surface area contributed by atoms with Crippen LogP contribution in [0.25, 0.3) is 6.08 Å². The molecule has 2 rings (SSSR count). The van der Waals surface area contributed by atoms with Crippen molar-refractivity contribution in [3.05, 3.63) is 41.5 Å². The van der Waals surface area contributed by atoms with Gasteiger partial charge in [0.2, 0.25) is 0 Å². The standard InChI is InChI=1S/C18H25NO2/c1-14(13-15-9-6-5-7-10-15)16-11-8-12-19(16)17(20)21-18(2,3)4/h5-7,9-10,13,16H,8,11-12H2,1-4H3/b14-13+/t16-/m0/s1. The van der Waals surface area contributed by atoms with E-state index in [4.69, 9.17) is 4.74 Å². The van der Waals surface area contributed by atoms with Gasteiger partial charge in [-0.1, -0.05) is 42.0 Å². The van der Waals surface area contributed by atoms with Crippen LogP contribution >= 0.6 is 0 Å². The molecule has 21 heavy (non-hydrogen) atoms. The number of benzene rings is 1. The third kappa shape index (κ3) is 4.35. The average molecular weight is 287 g/mol. The maximum Gasteiger partial charge on any atom is 0.410 e. The van der Waals surface area contributed by atoms with E-state index in [1.165, 1.54) is 11.1 Å². The van der Waals surface area contributed by atoms with Gasteiger partial charge in [-0.15, -0.1) is 0 Å². The van der Waals surface area contributed by atoms with Gasteiger partial charge >= 0.3 is 6.09 Å². The summed E-state index contributed by atoms with van der Waals surface area (Å²) in [5, 5.41) is 0. The molecule has 1 aliphatic rings. The summed E-state index contributed by atoms with van der Waals surface area (Å²) in [6.45, 7) is 8.59. The first kappa shape index (κ1) is 15.6. The Kier molecular flexibility index (Phi) is 4.71. The number of carbonyl (C=O) groups excluding carboxylic acids is 1. The summed E-state index contributed by atoms with van der Waals surface area (Å²) in [5.74, 6) is 0. The van der Waals surface area contributed by atoms with E-state index in [9.17, 15) is 4.79 Å². The lowest BCUT2D eigenvalue weighted by Crippen LogP contribution is -2.40. The fourth-order valence-corrected chi connectivity index (χ4v) is 2.69. The quantitative estimate of drug-likeness (QED) is 0.802. The molecule has 1 amide bonds. The molecule has 0 radical (unpaired) electrons. The molecule has 1 aromatic carbocycles. The smallest absolute Gasteiger partial charge is 0.410 e. The van der Waals surface area contributed by atoms with E-state index in [-0.39, 0.29) is 12.1 Å². The van der Waals surface area contributed by atoms with Crippen LogP contribution in [0, 0.1) is 0 Å². The SMILES string of the molecule is C/C(=C\c1ccccc1)[C@@H]1CCCN1C(=O)OC(C)(C)C. The molecule has 0 spiro atoms. The Morgan fingerprint density at radius 3 is 2.57 bits per heavy atom. The molecule has 114 valence electrons. The molecule has 3 heteroatoms. The number of ether oxygens (including phenoxy) is 1. The van der Waals surface area contributed by atoms with E-state index < -0.39 is 5.60 Å². The van der Waals surface area contributed by atoms with Gasteiger partial charge in [-0.05, 0) is 46.1 Å². The summed E-state index contributed by atoms with van der Waals surface area (Å²) in [6, 6.07) is 10.4. The zero-order valence-corrected chi connectivity index (χ0v) is 13.4. The van der Waals surface area contributed by atoms with Gasteiger partial charge in [0.05, 0.1) is 6.04 Å². The molecular formula is C18H25NO2. The highest BCUT2D eigenvalue weighted by atomic mass is 16.6. The molecule has 1 aromatic rings. The zero-order chi connectivity index (χ0) is 15.5. The maximum absolute atomic E-state index is 12.3. The van der Waals surface area contributed by atoms with Crippen LogP contribution in [0.15, 0.2) is 35.9 Å². The van der Waals surface area contributed by atoms with Crippen molar-refractivity contribution in [3.8, 4) is 0 Å². The van der Waals surface area contributed by atoms with Crippen molar-refractivity contribution in [2.45, 2.75) is 52.2 Å². The fraction of sp³-hybridized carbons (Fsp3) is 0.500. The summed E-state index contributed by atoms with van der Waals surface area (Å²) in [4.78, 5) is 14.2. The van der Waals surface area contributed by atoms with Gasteiger partial charge in [0.15, 0.2) is 0 Å². The van der Waals surface area contributed by atoms with Crippen molar-refractivity contribution in [3.63, 3.8) is 0 Å². The van der Waals surface area contributed by atoms with Crippen molar-refractivity contribution < 1.29 is 9.53 Å². The topological polar surface area (TPSA) is 29.5 Å². The van der Waals surface area contributed by atoms with Crippen LogP contribution in [0.2, 0.25) is 0 Å². The van der Waals surface area contributed by atoms with Crippen molar-refractivity contribution in [2.75, 3.05) is 6.54 Å². The molecule has 3 nitrogen and oxygen atoms in total. The number of likely N-dealkylation sites (tertiary alicyclic amines) is 1. The third-order valence-electron chi connectivity index (χ3n) is 3.60. The predicted octanol–water partition coefficient (Wildman–Crippen LogP) is 4.49. The van der Waals surface area contributed by atoms with Crippen LogP contribution in [0.4, 0.5) is 4.79 Å². The van der Waals surface area contributed by atoms with Gasteiger partial charge in [-0.2, -0.15) is 0 Å². The first-order chi connectivity index (χ1) is 9.87. The van der Waals surface area contributed by atoms with E-state index in [1.54, 1.807) is 0 Å².